The van der Waals surface area contributed by atoms with Crippen molar-refractivity contribution in [2.75, 3.05) is 26.7 Å². The van der Waals surface area contributed by atoms with E-state index in [2.05, 4.69) is 20.8 Å². The van der Waals surface area contributed by atoms with Gasteiger partial charge in [-0.15, -0.1) is 0 Å². The maximum atomic E-state index is 11.1. The number of hydrogen-bond acceptors (Lipinski definition) is 4. The van der Waals surface area contributed by atoms with Crippen molar-refractivity contribution in [1.82, 2.24) is 4.90 Å². The van der Waals surface area contributed by atoms with Gasteiger partial charge in [-0.1, -0.05) is 6.07 Å². The van der Waals surface area contributed by atoms with Gasteiger partial charge in [-0.25, -0.2) is 0 Å². The number of carbonyl (C=O) groups is 1. The Bertz CT molecular complexity index is 475. The van der Waals surface area contributed by atoms with Crippen LogP contribution in [-0.4, -0.2) is 48.8 Å². The minimum absolute atomic E-state index is 0.0788. The van der Waals surface area contributed by atoms with Crippen LogP contribution >= 0.6 is 15.9 Å². The minimum Gasteiger partial charge on any atom is -0.487 e. The van der Waals surface area contributed by atoms with Crippen LogP contribution in [0.5, 0.6) is 5.75 Å². The fraction of sp³-hybridized carbons (Fsp3) is 0.462. The Morgan fingerprint density at radius 1 is 1.63 bits per heavy atom. The Morgan fingerprint density at radius 2 is 2.32 bits per heavy atom. The van der Waals surface area contributed by atoms with E-state index in [1.165, 1.54) is 0 Å². The molecule has 0 saturated carbocycles. The van der Waals surface area contributed by atoms with Crippen molar-refractivity contribution in [2.24, 2.45) is 5.73 Å². The first-order valence-electron chi connectivity index (χ1n) is 6.08. The summed E-state index contributed by atoms with van der Waals surface area (Å²) in [6.45, 7) is 1.90. The predicted octanol–water partition coefficient (Wildman–Crippen LogP) is 1.27. The number of nitrogens with zero attached hydrogens (tertiary/aromatic N) is 1. The third kappa shape index (κ3) is 3.26. The van der Waals surface area contributed by atoms with E-state index in [1.54, 1.807) is 18.2 Å². The number of nitrogens with two attached hydrogens (primary N) is 1. The van der Waals surface area contributed by atoms with Gasteiger partial charge in [-0.05, 0) is 40.7 Å². The highest BCUT2D eigenvalue weighted by atomic mass is 79.9. The highest BCUT2D eigenvalue weighted by Gasteiger charge is 2.26. The molecule has 19 heavy (non-hydrogen) atoms. The van der Waals surface area contributed by atoms with Crippen LogP contribution in [0.25, 0.3) is 0 Å². The average molecular weight is 329 g/mol. The van der Waals surface area contributed by atoms with Crippen molar-refractivity contribution in [3.8, 4) is 5.75 Å². The summed E-state index contributed by atoms with van der Waals surface area (Å²) in [5.74, 6) is -0.855. The molecule has 3 N–H and O–H groups in total. The third-order valence-corrected chi connectivity index (χ3v) is 3.84. The Balaban J connectivity index is 2.10. The van der Waals surface area contributed by atoms with Gasteiger partial charge in [0.2, 0.25) is 0 Å². The molecule has 104 valence electrons. The van der Waals surface area contributed by atoms with Crippen LogP contribution in [-0.2, 0) is 4.79 Å². The molecular weight excluding hydrogens is 312 g/mol. The molecule has 0 amide bonds. The lowest BCUT2D eigenvalue weighted by molar-refractivity contribution is -0.138. The van der Waals surface area contributed by atoms with Gasteiger partial charge in [0.05, 0.1) is 10.4 Å². The summed E-state index contributed by atoms with van der Waals surface area (Å²) in [5, 5.41) is 9.08. The molecule has 0 radical (unpaired) electrons. The molecule has 6 heteroatoms. The molecule has 0 bridgehead atoms. The predicted molar refractivity (Wildman–Crippen MR) is 75.5 cm³/mol. The number of ether oxygens (including phenoxy) is 1. The first-order chi connectivity index (χ1) is 9.01. The minimum atomic E-state index is -0.913. The van der Waals surface area contributed by atoms with Crippen LogP contribution in [0.3, 0.4) is 0 Å². The number of hydrogen-bond donors (Lipinski definition) is 2. The molecule has 0 spiro atoms. The molecule has 1 heterocycles. The van der Waals surface area contributed by atoms with E-state index in [-0.39, 0.29) is 12.6 Å². The average Bonchev–Trinajstić information content (AvgIpc) is 2.30. The van der Waals surface area contributed by atoms with Crippen molar-refractivity contribution < 1.29 is 14.6 Å². The van der Waals surface area contributed by atoms with Crippen LogP contribution in [0.2, 0.25) is 0 Å². The Morgan fingerprint density at radius 3 is 2.79 bits per heavy atom. The van der Waals surface area contributed by atoms with Gasteiger partial charge < -0.3 is 15.6 Å². The number of carboxylic acid groups (broad SMARTS) is 1. The van der Waals surface area contributed by atoms with Crippen LogP contribution < -0.4 is 10.5 Å². The lowest BCUT2D eigenvalue weighted by Crippen LogP contribution is -2.51. The van der Waals surface area contributed by atoms with E-state index < -0.39 is 11.9 Å². The molecule has 1 atom stereocenters. The summed E-state index contributed by atoms with van der Waals surface area (Å²) in [4.78, 5) is 13.2. The second-order valence-corrected chi connectivity index (χ2v) is 5.63. The summed E-state index contributed by atoms with van der Waals surface area (Å²) >= 11 is 3.42. The number of rotatable bonds is 5. The summed E-state index contributed by atoms with van der Waals surface area (Å²) < 4.78 is 6.58. The number of benzene rings is 1. The van der Waals surface area contributed by atoms with Crippen molar-refractivity contribution in [3.05, 3.63) is 28.2 Å². The van der Waals surface area contributed by atoms with Gasteiger partial charge in [0.1, 0.15) is 11.9 Å². The molecule has 1 aromatic carbocycles. The van der Waals surface area contributed by atoms with Gasteiger partial charge in [-0.2, -0.15) is 0 Å². The largest absolute Gasteiger partial charge is 0.487 e. The summed E-state index contributed by atoms with van der Waals surface area (Å²) in [7, 11) is 2.04. The van der Waals surface area contributed by atoms with Crippen LogP contribution in [0.1, 0.15) is 11.5 Å². The van der Waals surface area contributed by atoms with Crippen LogP contribution in [0.4, 0.5) is 0 Å². The molecule has 5 nitrogen and oxygen atoms in total. The SMILES string of the molecule is CN1CC(Oc2ccc(C(CN)C(=O)O)cc2Br)C1. The maximum absolute atomic E-state index is 11.1. The van der Waals surface area contributed by atoms with E-state index in [0.29, 0.717) is 5.56 Å². The second kappa shape index (κ2) is 5.90. The van der Waals surface area contributed by atoms with Crippen molar-refractivity contribution in [3.63, 3.8) is 0 Å². The molecule has 1 aliphatic rings. The number of aliphatic carboxylic acids is 1. The van der Waals surface area contributed by atoms with Crippen molar-refractivity contribution >= 4 is 21.9 Å². The van der Waals surface area contributed by atoms with Gasteiger partial charge >= 0.3 is 5.97 Å². The van der Waals surface area contributed by atoms with Crippen LogP contribution in [0, 0.1) is 0 Å². The molecule has 1 fully saturated rings. The Hall–Kier alpha value is -1.11. The fourth-order valence-electron chi connectivity index (χ4n) is 2.10. The van der Waals surface area contributed by atoms with E-state index in [0.717, 1.165) is 23.3 Å². The molecule has 0 aromatic heterocycles. The van der Waals surface area contributed by atoms with Gasteiger partial charge in [0.15, 0.2) is 0 Å². The Labute approximate surface area is 120 Å². The molecule has 1 aliphatic heterocycles. The summed E-state index contributed by atoms with van der Waals surface area (Å²) in [5.41, 5.74) is 6.17. The number of likely N-dealkylation sites (N-methyl/N-ethyl adjacent to an activating group) is 1. The fourth-order valence-corrected chi connectivity index (χ4v) is 2.59. The van der Waals surface area contributed by atoms with Crippen molar-refractivity contribution in [1.29, 1.82) is 0 Å². The molecule has 1 unspecified atom stereocenters. The quantitative estimate of drug-likeness (QED) is 0.851. The number of halogens is 1. The molecule has 1 aromatic rings. The monoisotopic (exact) mass is 328 g/mol. The Kier molecular flexibility index (Phi) is 4.44. The van der Waals surface area contributed by atoms with Gasteiger partial charge in [0, 0.05) is 19.6 Å². The maximum Gasteiger partial charge on any atom is 0.312 e. The first-order valence-corrected chi connectivity index (χ1v) is 6.88. The number of carboxylic acids is 1. The molecule has 2 rings (SSSR count). The van der Waals surface area contributed by atoms with Gasteiger partial charge in [-0.3, -0.25) is 9.69 Å². The zero-order valence-electron chi connectivity index (χ0n) is 10.7. The van der Waals surface area contributed by atoms with E-state index in [9.17, 15) is 4.79 Å². The first kappa shape index (κ1) is 14.3. The molecule has 1 saturated heterocycles. The number of likely N-dealkylation sites (tertiary alicyclic amines) is 1. The highest BCUT2D eigenvalue weighted by Crippen LogP contribution is 2.30. The van der Waals surface area contributed by atoms with Gasteiger partial charge in [0.25, 0.3) is 0 Å². The lowest BCUT2D eigenvalue weighted by atomic mass is 9.99. The summed E-state index contributed by atoms with van der Waals surface area (Å²) in [6.07, 6.45) is 0.205. The second-order valence-electron chi connectivity index (χ2n) is 4.78. The normalized spacial score (nSPS) is 17.8. The van der Waals surface area contributed by atoms with E-state index in [1.807, 2.05) is 7.05 Å². The van der Waals surface area contributed by atoms with E-state index in [4.69, 9.17) is 15.6 Å². The highest BCUT2D eigenvalue weighted by molar-refractivity contribution is 9.10. The van der Waals surface area contributed by atoms with E-state index >= 15 is 0 Å². The molecular formula is C13H17BrN2O3. The molecule has 0 aliphatic carbocycles. The zero-order valence-corrected chi connectivity index (χ0v) is 12.3. The topological polar surface area (TPSA) is 75.8 Å². The van der Waals surface area contributed by atoms with Crippen LogP contribution in [0.15, 0.2) is 22.7 Å². The third-order valence-electron chi connectivity index (χ3n) is 3.22. The summed E-state index contributed by atoms with van der Waals surface area (Å²) in [6, 6.07) is 5.32. The lowest BCUT2D eigenvalue weighted by Gasteiger charge is -2.36. The smallest absolute Gasteiger partial charge is 0.312 e. The zero-order chi connectivity index (χ0) is 14.0. The van der Waals surface area contributed by atoms with Crippen molar-refractivity contribution in [2.45, 2.75) is 12.0 Å². The standard InChI is InChI=1S/C13H17BrN2O3/c1-16-6-9(7-16)19-12-3-2-8(4-11(12)14)10(5-15)13(17)18/h2-4,9-10H,5-7,15H2,1H3,(H,17,18).